The van der Waals surface area contributed by atoms with Crippen LogP contribution >= 0.6 is 0 Å². The number of likely N-dealkylation sites (tertiary alicyclic amines) is 1. The van der Waals surface area contributed by atoms with Crippen molar-refractivity contribution in [3.63, 3.8) is 0 Å². The molecule has 1 N–H and O–H groups in total. The first-order valence-electron chi connectivity index (χ1n) is 7.24. The third kappa shape index (κ3) is 2.86. The molecule has 1 aromatic carbocycles. The zero-order valence-electron chi connectivity index (χ0n) is 13.4. The van der Waals surface area contributed by atoms with Crippen molar-refractivity contribution in [2.75, 3.05) is 14.2 Å². The Balaban J connectivity index is 2.60. The van der Waals surface area contributed by atoms with Gasteiger partial charge in [0.25, 0.3) is 0 Å². The van der Waals surface area contributed by atoms with Crippen LogP contribution in [0.25, 0.3) is 0 Å². The van der Waals surface area contributed by atoms with E-state index in [0.29, 0.717) is 0 Å². The lowest BCUT2D eigenvalue weighted by Crippen LogP contribution is -2.47. The first-order valence-corrected chi connectivity index (χ1v) is 7.24. The van der Waals surface area contributed by atoms with E-state index < -0.39 is 41.2 Å². The number of esters is 1. The van der Waals surface area contributed by atoms with Gasteiger partial charge in [-0.2, -0.15) is 13.2 Å². The number of hydrogen-bond acceptors (Lipinski definition) is 4. The van der Waals surface area contributed by atoms with Crippen LogP contribution < -0.4 is 0 Å². The lowest BCUT2D eigenvalue weighted by atomic mass is 9.88. The number of halogens is 3. The number of carbonyl (C=O) groups excluding carboxylic acids is 1. The summed E-state index contributed by atoms with van der Waals surface area (Å²) in [5.41, 5.74) is -2.38. The van der Waals surface area contributed by atoms with Crippen LogP contribution in [0.1, 0.15) is 30.5 Å². The van der Waals surface area contributed by atoms with Crippen molar-refractivity contribution in [1.29, 1.82) is 0 Å². The van der Waals surface area contributed by atoms with E-state index >= 15 is 0 Å². The summed E-state index contributed by atoms with van der Waals surface area (Å²) in [5.74, 6) is -3.10. The Kier molecular flexibility index (Phi) is 4.63. The van der Waals surface area contributed by atoms with Gasteiger partial charge in [-0.25, -0.2) is 0 Å². The van der Waals surface area contributed by atoms with Gasteiger partial charge in [-0.05, 0) is 32.0 Å². The highest BCUT2D eigenvalue weighted by atomic mass is 19.4. The van der Waals surface area contributed by atoms with E-state index in [1.54, 1.807) is 0 Å². The number of carboxylic acids is 1. The molecule has 3 atom stereocenters. The minimum absolute atomic E-state index is 0.137. The van der Waals surface area contributed by atoms with Gasteiger partial charge in [-0.15, -0.1) is 0 Å². The third-order valence-electron chi connectivity index (χ3n) is 4.72. The highest BCUT2D eigenvalue weighted by Crippen LogP contribution is 2.49. The lowest BCUT2D eigenvalue weighted by Gasteiger charge is -2.33. The van der Waals surface area contributed by atoms with Crippen LogP contribution in [-0.4, -0.2) is 41.6 Å². The van der Waals surface area contributed by atoms with Crippen LogP contribution in [0, 0.1) is 5.92 Å². The van der Waals surface area contributed by atoms with Gasteiger partial charge in [0.1, 0.15) is 5.54 Å². The molecule has 0 aromatic heterocycles. The Morgan fingerprint density at radius 1 is 1.33 bits per heavy atom. The molecule has 132 valence electrons. The molecule has 1 aromatic rings. The van der Waals surface area contributed by atoms with Gasteiger partial charge in [0.15, 0.2) is 0 Å². The minimum Gasteiger partial charge on any atom is -0.481 e. The maximum Gasteiger partial charge on any atom is 0.416 e. The zero-order chi connectivity index (χ0) is 18.3. The van der Waals surface area contributed by atoms with Crippen molar-refractivity contribution in [2.45, 2.75) is 31.1 Å². The predicted molar refractivity (Wildman–Crippen MR) is 78.1 cm³/mol. The summed E-state index contributed by atoms with van der Waals surface area (Å²) in [4.78, 5) is 25.1. The number of aliphatic carboxylic acids is 1. The molecular weight excluding hydrogens is 327 g/mol. The summed E-state index contributed by atoms with van der Waals surface area (Å²) in [6.45, 7) is 1.48. The second-order valence-electron chi connectivity index (χ2n) is 6.06. The average molecular weight is 345 g/mol. The Morgan fingerprint density at radius 3 is 2.42 bits per heavy atom. The quantitative estimate of drug-likeness (QED) is 0.853. The van der Waals surface area contributed by atoms with E-state index in [4.69, 9.17) is 4.74 Å². The molecule has 0 bridgehead atoms. The van der Waals surface area contributed by atoms with Gasteiger partial charge in [0, 0.05) is 6.04 Å². The Bertz CT molecular complexity index is 661. The SMILES string of the molecule is COC(=O)[C@]1(C)C[C@H](C(=O)O)[C@H](c2ccccc2C(F)(F)F)N1C. The molecule has 1 fully saturated rings. The maximum absolute atomic E-state index is 13.3. The molecule has 0 aliphatic carbocycles. The van der Waals surface area contributed by atoms with Crippen LogP contribution in [0.15, 0.2) is 24.3 Å². The molecular formula is C16H18F3NO4. The number of rotatable bonds is 3. The van der Waals surface area contributed by atoms with E-state index in [1.807, 2.05) is 0 Å². The molecule has 5 nitrogen and oxygen atoms in total. The number of carboxylic acid groups (broad SMARTS) is 1. The Labute approximate surface area is 137 Å². The van der Waals surface area contributed by atoms with Crippen LogP contribution in [0.3, 0.4) is 0 Å². The molecule has 0 amide bonds. The first kappa shape index (κ1) is 18.3. The molecule has 0 unspecified atom stereocenters. The molecule has 0 saturated carbocycles. The fraction of sp³-hybridized carbons (Fsp3) is 0.500. The van der Waals surface area contributed by atoms with E-state index in [-0.39, 0.29) is 12.0 Å². The summed E-state index contributed by atoms with van der Waals surface area (Å²) < 4.78 is 44.7. The summed E-state index contributed by atoms with van der Waals surface area (Å²) >= 11 is 0. The number of carbonyl (C=O) groups is 2. The monoisotopic (exact) mass is 345 g/mol. The fourth-order valence-corrected chi connectivity index (χ4v) is 3.37. The lowest BCUT2D eigenvalue weighted by molar-refractivity contribution is -0.152. The standard InChI is InChI=1S/C16H18F3NO4/c1-15(14(23)24-3)8-10(13(21)22)12(20(15)2)9-6-4-5-7-11(9)16(17,18)19/h4-7,10,12H,8H2,1-3H3,(H,21,22)/t10-,12-,15-/m0/s1. The minimum atomic E-state index is -4.62. The molecule has 24 heavy (non-hydrogen) atoms. The second kappa shape index (κ2) is 6.08. The molecule has 1 saturated heterocycles. The number of likely N-dealkylation sites (N-methyl/N-ethyl adjacent to an activating group) is 1. The van der Waals surface area contributed by atoms with Gasteiger partial charge >= 0.3 is 18.1 Å². The number of benzene rings is 1. The number of methoxy groups -OCH3 is 1. The van der Waals surface area contributed by atoms with Gasteiger partial charge in [-0.1, -0.05) is 18.2 Å². The molecule has 1 aliphatic heterocycles. The summed E-state index contributed by atoms with van der Waals surface area (Å²) in [7, 11) is 2.60. The summed E-state index contributed by atoms with van der Waals surface area (Å²) in [6.07, 6.45) is -4.76. The van der Waals surface area contributed by atoms with Gasteiger partial charge < -0.3 is 9.84 Å². The molecule has 1 aliphatic rings. The number of nitrogens with zero attached hydrogens (tertiary/aromatic N) is 1. The molecule has 1 heterocycles. The topological polar surface area (TPSA) is 66.8 Å². The van der Waals surface area contributed by atoms with Crippen LogP contribution in [0.5, 0.6) is 0 Å². The van der Waals surface area contributed by atoms with Crippen molar-refractivity contribution in [1.82, 2.24) is 4.90 Å². The van der Waals surface area contributed by atoms with Gasteiger partial charge in [-0.3, -0.25) is 14.5 Å². The zero-order valence-corrected chi connectivity index (χ0v) is 13.4. The number of ether oxygens (including phenoxy) is 1. The predicted octanol–water partition coefficient (Wildman–Crippen LogP) is 2.71. The maximum atomic E-state index is 13.3. The van der Waals surface area contributed by atoms with Crippen molar-refractivity contribution in [3.8, 4) is 0 Å². The highest BCUT2D eigenvalue weighted by molar-refractivity contribution is 5.83. The third-order valence-corrected chi connectivity index (χ3v) is 4.72. The van der Waals surface area contributed by atoms with Crippen molar-refractivity contribution < 1.29 is 32.6 Å². The van der Waals surface area contributed by atoms with Crippen LogP contribution in [-0.2, 0) is 20.5 Å². The number of hydrogen-bond donors (Lipinski definition) is 1. The summed E-state index contributed by atoms with van der Waals surface area (Å²) in [6, 6.07) is 3.74. The fourth-order valence-electron chi connectivity index (χ4n) is 3.37. The van der Waals surface area contributed by atoms with E-state index in [2.05, 4.69) is 0 Å². The molecule has 2 rings (SSSR count). The second-order valence-corrected chi connectivity index (χ2v) is 6.06. The number of alkyl halides is 3. The van der Waals surface area contributed by atoms with E-state index in [9.17, 15) is 27.9 Å². The normalized spacial score (nSPS) is 27.9. The van der Waals surface area contributed by atoms with Gasteiger partial charge in [0.05, 0.1) is 18.6 Å². The van der Waals surface area contributed by atoms with Crippen LogP contribution in [0.4, 0.5) is 13.2 Å². The Morgan fingerprint density at radius 2 is 1.92 bits per heavy atom. The molecule has 0 radical (unpaired) electrons. The molecule has 0 spiro atoms. The van der Waals surface area contributed by atoms with Crippen molar-refractivity contribution >= 4 is 11.9 Å². The average Bonchev–Trinajstić information content (AvgIpc) is 2.79. The molecule has 8 heteroatoms. The first-order chi connectivity index (χ1) is 11.0. The smallest absolute Gasteiger partial charge is 0.416 e. The van der Waals surface area contributed by atoms with Gasteiger partial charge in [0.2, 0.25) is 0 Å². The Hall–Kier alpha value is -2.09. The highest BCUT2D eigenvalue weighted by Gasteiger charge is 2.56. The van der Waals surface area contributed by atoms with E-state index in [1.165, 1.54) is 37.1 Å². The summed E-state index contributed by atoms with van der Waals surface area (Å²) in [5, 5.41) is 9.48. The largest absolute Gasteiger partial charge is 0.481 e. The van der Waals surface area contributed by atoms with Crippen LogP contribution in [0.2, 0.25) is 0 Å². The van der Waals surface area contributed by atoms with E-state index in [0.717, 1.165) is 13.2 Å². The van der Waals surface area contributed by atoms with Crippen molar-refractivity contribution in [3.05, 3.63) is 35.4 Å². The van der Waals surface area contributed by atoms with Crippen molar-refractivity contribution in [2.24, 2.45) is 5.92 Å².